The molecule has 1 unspecified atom stereocenters. The van der Waals surface area contributed by atoms with Crippen LogP contribution >= 0.6 is 0 Å². The Morgan fingerprint density at radius 1 is 1.29 bits per heavy atom. The van der Waals surface area contributed by atoms with E-state index in [1.807, 2.05) is 6.92 Å². The number of hydrogen-bond donors (Lipinski definition) is 1. The molecule has 0 aromatic rings. The zero-order valence-electron chi connectivity index (χ0n) is 14.4. The zero-order chi connectivity index (χ0) is 15.9. The number of rotatable bonds is 4. The second-order valence-electron chi connectivity index (χ2n) is 8.30. The van der Waals surface area contributed by atoms with Crippen LogP contribution < -0.4 is 5.32 Å². The number of carbonyl (C=O) groups is 1. The molecule has 0 bridgehead atoms. The Morgan fingerprint density at radius 2 is 1.90 bits per heavy atom. The third-order valence-electron chi connectivity index (χ3n) is 5.52. The van der Waals surface area contributed by atoms with Crippen LogP contribution in [0.2, 0.25) is 18.1 Å². The summed E-state index contributed by atoms with van der Waals surface area (Å²) < 4.78 is 11.6. The molecule has 1 saturated carbocycles. The first-order valence-electron chi connectivity index (χ1n) is 8.16. The molecule has 1 N–H and O–H groups in total. The molecule has 0 aromatic carbocycles. The van der Waals surface area contributed by atoms with Crippen molar-refractivity contribution in [1.29, 1.82) is 0 Å². The number of esters is 1. The molecule has 1 atom stereocenters. The van der Waals surface area contributed by atoms with Gasteiger partial charge in [0.1, 0.15) is 6.04 Å². The molecule has 2 aliphatic rings. The predicted octanol–water partition coefficient (Wildman–Crippen LogP) is 3.08. The van der Waals surface area contributed by atoms with Gasteiger partial charge in [0.25, 0.3) is 0 Å². The Hall–Kier alpha value is -0.393. The van der Waals surface area contributed by atoms with Crippen molar-refractivity contribution >= 4 is 14.3 Å². The van der Waals surface area contributed by atoms with E-state index in [-0.39, 0.29) is 22.5 Å². The molecule has 0 amide bonds. The average molecular weight is 314 g/mol. The van der Waals surface area contributed by atoms with Gasteiger partial charge in [-0.2, -0.15) is 0 Å². The third kappa shape index (κ3) is 3.51. The van der Waals surface area contributed by atoms with Crippen LogP contribution in [0, 0.1) is 5.41 Å². The number of carbonyl (C=O) groups excluding carboxylic acids is 1. The van der Waals surface area contributed by atoms with Crippen molar-refractivity contribution in [3.63, 3.8) is 0 Å². The summed E-state index contributed by atoms with van der Waals surface area (Å²) >= 11 is 0. The molecule has 122 valence electrons. The van der Waals surface area contributed by atoms with Crippen molar-refractivity contribution in [2.75, 3.05) is 13.2 Å². The first-order chi connectivity index (χ1) is 9.59. The van der Waals surface area contributed by atoms with Crippen LogP contribution in [0.1, 0.15) is 47.0 Å². The van der Waals surface area contributed by atoms with Gasteiger partial charge in [0, 0.05) is 12.6 Å². The molecule has 0 radical (unpaired) electrons. The highest BCUT2D eigenvalue weighted by Crippen LogP contribution is 2.51. The van der Waals surface area contributed by atoms with Crippen molar-refractivity contribution in [2.24, 2.45) is 5.41 Å². The van der Waals surface area contributed by atoms with Crippen molar-refractivity contribution in [3.8, 4) is 0 Å². The second kappa shape index (κ2) is 5.67. The van der Waals surface area contributed by atoms with Crippen molar-refractivity contribution < 1.29 is 14.0 Å². The van der Waals surface area contributed by atoms with Gasteiger partial charge in [-0.1, -0.05) is 20.8 Å². The van der Waals surface area contributed by atoms with Crippen LogP contribution in [-0.2, 0) is 14.0 Å². The number of hydrogen-bond acceptors (Lipinski definition) is 4. The summed E-state index contributed by atoms with van der Waals surface area (Å²) in [4.78, 5) is 11.8. The lowest BCUT2D eigenvalue weighted by molar-refractivity contribution is -0.145. The fourth-order valence-electron chi connectivity index (χ4n) is 3.22. The molecule has 1 spiro atoms. The standard InChI is InChI=1S/C16H31NO3Si/c1-7-19-14(18)13-10-16(11-17-13)8-12(9-16)20-21(5,6)15(2,3)4/h12-13,17H,7-11H2,1-6H3. The largest absolute Gasteiger partial charge is 0.465 e. The van der Waals surface area contributed by atoms with E-state index in [2.05, 4.69) is 39.2 Å². The maximum absolute atomic E-state index is 11.8. The second-order valence-corrected chi connectivity index (χ2v) is 13.1. The van der Waals surface area contributed by atoms with E-state index in [0.29, 0.717) is 12.7 Å². The topological polar surface area (TPSA) is 47.6 Å². The monoisotopic (exact) mass is 313 g/mol. The molecule has 2 fully saturated rings. The number of ether oxygens (including phenoxy) is 1. The minimum absolute atomic E-state index is 0.0943. The van der Waals surface area contributed by atoms with Crippen LogP contribution in [-0.4, -0.2) is 39.6 Å². The Bertz CT molecular complexity index is 397. The minimum Gasteiger partial charge on any atom is -0.465 e. The van der Waals surface area contributed by atoms with E-state index >= 15 is 0 Å². The lowest BCUT2D eigenvalue weighted by Crippen LogP contribution is -2.51. The fourth-order valence-corrected chi connectivity index (χ4v) is 4.57. The molecular weight excluding hydrogens is 282 g/mol. The first kappa shape index (κ1) is 17.0. The van der Waals surface area contributed by atoms with Crippen molar-refractivity contribution in [2.45, 2.75) is 77.2 Å². The summed E-state index contributed by atoms with van der Waals surface area (Å²) in [7, 11) is -1.67. The smallest absolute Gasteiger partial charge is 0.323 e. The summed E-state index contributed by atoms with van der Waals surface area (Å²) in [6, 6.07) is -0.112. The van der Waals surface area contributed by atoms with Gasteiger partial charge in [0.2, 0.25) is 0 Å². The van der Waals surface area contributed by atoms with Gasteiger partial charge >= 0.3 is 5.97 Å². The van der Waals surface area contributed by atoms with E-state index in [0.717, 1.165) is 25.8 Å². The molecule has 2 rings (SSSR count). The van der Waals surface area contributed by atoms with E-state index in [1.165, 1.54) is 0 Å². The lowest BCUT2D eigenvalue weighted by atomic mass is 9.65. The molecule has 4 nitrogen and oxygen atoms in total. The summed E-state index contributed by atoms with van der Waals surface area (Å²) in [6.07, 6.45) is 3.46. The Balaban J connectivity index is 1.83. The van der Waals surface area contributed by atoms with E-state index < -0.39 is 8.32 Å². The predicted molar refractivity (Wildman–Crippen MR) is 86.8 cm³/mol. The van der Waals surface area contributed by atoms with E-state index in [4.69, 9.17) is 9.16 Å². The van der Waals surface area contributed by atoms with Gasteiger partial charge < -0.3 is 14.5 Å². The van der Waals surface area contributed by atoms with E-state index in [9.17, 15) is 4.79 Å². The zero-order valence-corrected chi connectivity index (χ0v) is 15.4. The van der Waals surface area contributed by atoms with Crippen LogP contribution in [0.3, 0.4) is 0 Å². The number of nitrogens with one attached hydrogen (secondary N) is 1. The van der Waals surface area contributed by atoms with Gasteiger partial charge in [0.15, 0.2) is 8.32 Å². The summed E-state index contributed by atoms with van der Waals surface area (Å²) in [6.45, 7) is 14.7. The third-order valence-corrected chi connectivity index (χ3v) is 10.1. The van der Waals surface area contributed by atoms with Crippen molar-refractivity contribution in [3.05, 3.63) is 0 Å². The lowest BCUT2D eigenvalue weighted by Gasteiger charge is -2.49. The molecular formula is C16H31NO3Si. The molecule has 1 saturated heterocycles. The Labute approximate surface area is 130 Å². The van der Waals surface area contributed by atoms with E-state index in [1.54, 1.807) is 0 Å². The van der Waals surface area contributed by atoms with Gasteiger partial charge in [-0.05, 0) is 49.7 Å². The van der Waals surface area contributed by atoms with Gasteiger partial charge in [-0.3, -0.25) is 4.79 Å². The quantitative estimate of drug-likeness (QED) is 0.640. The maximum Gasteiger partial charge on any atom is 0.323 e. The highest BCUT2D eigenvalue weighted by atomic mass is 28.4. The molecule has 1 heterocycles. The minimum atomic E-state index is -1.67. The Kier molecular flexibility index (Phi) is 4.58. The van der Waals surface area contributed by atoms with Crippen molar-refractivity contribution in [1.82, 2.24) is 5.32 Å². The molecule has 0 aromatic heterocycles. The highest BCUT2D eigenvalue weighted by Gasteiger charge is 2.53. The SMILES string of the molecule is CCOC(=O)C1CC2(CN1)CC(O[Si](C)(C)C(C)(C)C)C2. The molecule has 1 aliphatic heterocycles. The van der Waals surface area contributed by atoms with Gasteiger partial charge in [-0.25, -0.2) is 0 Å². The first-order valence-corrected chi connectivity index (χ1v) is 11.1. The molecule has 21 heavy (non-hydrogen) atoms. The van der Waals surface area contributed by atoms with Gasteiger partial charge in [0.05, 0.1) is 6.61 Å². The normalized spacial score (nSPS) is 33.0. The summed E-state index contributed by atoms with van der Waals surface area (Å²) in [5.41, 5.74) is 0.268. The molecule has 1 aliphatic carbocycles. The summed E-state index contributed by atoms with van der Waals surface area (Å²) in [5.74, 6) is -0.0943. The van der Waals surface area contributed by atoms with Crippen LogP contribution in [0.5, 0.6) is 0 Å². The van der Waals surface area contributed by atoms with Crippen LogP contribution in [0.4, 0.5) is 0 Å². The highest BCUT2D eigenvalue weighted by molar-refractivity contribution is 6.74. The molecule has 5 heteroatoms. The fraction of sp³-hybridized carbons (Fsp3) is 0.938. The maximum atomic E-state index is 11.8. The Morgan fingerprint density at radius 3 is 2.43 bits per heavy atom. The van der Waals surface area contributed by atoms with Crippen LogP contribution in [0.25, 0.3) is 0 Å². The van der Waals surface area contributed by atoms with Gasteiger partial charge in [-0.15, -0.1) is 0 Å². The average Bonchev–Trinajstić information content (AvgIpc) is 2.72. The van der Waals surface area contributed by atoms with Crippen LogP contribution in [0.15, 0.2) is 0 Å². The summed E-state index contributed by atoms with van der Waals surface area (Å²) in [5, 5.41) is 3.59.